The Bertz CT molecular complexity index is 1730. The molecular weight excluding hydrogens is 422 g/mol. The average Bonchev–Trinajstić information content (AvgIpc) is 3.43. The van der Waals surface area contributed by atoms with Crippen LogP contribution in [-0.4, -0.2) is 4.57 Å². The first-order valence-electron chi connectivity index (χ1n) is 12.5. The van der Waals surface area contributed by atoms with E-state index in [0.717, 1.165) is 6.42 Å². The van der Waals surface area contributed by atoms with Gasteiger partial charge in [0.2, 0.25) is 0 Å². The highest BCUT2D eigenvalue weighted by atomic mass is 15.0. The molecule has 0 unspecified atom stereocenters. The van der Waals surface area contributed by atoms with Gasteiger partial charge in [-0.15, -0.1) is 0 Å². The molecule has 1 aliphatic rings. The van der Waals surface area contributed by atoms with Gasteiger partial charge in [0.1, 0.15) is 0 Å². The van der Waals surface area contributed by atoms with Crippen LogP contribution in [0.15, 0.2) is 109 Å². The summed E-state index contributed by atoms with van der Waals surface area (Å²) in [4.78, 5) is 0. The molecule has 7 rings (SSSR count). The molecule has 35 heavy (non-hydrogen) atoms. The second-order valence-corrected chi connectivity index (χ2v) is 10.0. The molecular formula is C34H27N. The van der Waals surface area contributed by atoms with Gasteiger partial charge >= 0.3 is 0 Å². The van der Waals surface area contributed by atoms with Crippen molar-refractivity contribution in [2.45, 2.75) is 26.2 Å². The largest absolute Gasteiger partial charge is 0.309 e. The zero-order valence-corrected chi connectivity index (χ0v) is 20.1. The van der Waals surface area contributed by atoms with Crippen LogP contribution in [0.2, 0.25) is 0 Å². The second kappa shape index (κ2) is 7.71. The molecule has 168 valence electrons. The zero-order chi connectivity index (χ0) is 23.5. The van der Waals surface area contributed by atoms with Crippen molar-refractivity contribution in [1.29, 1.82) is 0 Å². The molecule has 1 nitrogen and oxygen atoms in total. The molecule has 5 aromatic carbocycles. The Hall–Kier alpha value is -4.10. The van der Waals surface area contributed by atoms with E-state index < -0.39 is 0 Å². The third-order valence-corrected chi connectivity index (χ3v) is 7.62. The predicted molar refractivity (Wildman–Crippen MR) is 149 cm³/mol. The zero-order valence-electron chi connectivity index (χ0n) is 20.1. The van der Waals surface area contributed by atoms with Crippen LogP contribution in [0.4, 0.5) is 0 Å². The standard InChI is InChI=1S/C34H27N/c1-22(2)23-13-16-28(17-14-23)35-33-10-6-5-9-30(33)32-21-25(15-18-34(32)35)24-11-12-27-19-26-7-3-4-8-29(26)31(27)20-24/h3-18,20-22H,19H2,1-2H3. The fraction of sp³-hybridized carbons (Fsp3) is 0.118. The van der Waals surface area contributed by atoms with Gasteiger partial charge in [0.25, 0.3) is 0 Å². The number of benzene rings is 5. The highest BCUT2D eigenvalue weighted by Gasteiger charge is 2.19. The van der Waals surface area contributed by atoms with Crippen molar-refractivity contribution in [2.24, 2.45) is 0 Å². The lowest BCUT2D eigenvalue weighted by Crippen LogP contribution is -1.95. The smallest absolute Gasteiger partial charge is 0.0541 e. The molecule has 0 saturated carbocycles. The van der Waals surface area contributed by atoms with Crippen molar-refractivity contribution in [3.63, 3.8) is 0 Å². The molecule has 0 atom stereocenters. The van der Waals surface area contributed by atoms with Crippen molar-refractivity contribution in [1.82, 2.24) is 4.57 Å². The normalized spacial score (nSPS) is 12.4. The van der Waals surface area contributed by atoms with Gasteiger partial charge in [-0.1, -0.05) is 86.6 Å². The fourth-order valence-electron chi connectivity index (χ4n) is 5.74. The SMILES string of the molecule is CC(C)c1ccc(-n2c3ccccc3c3cc(-c4ccc5c(c4)-c4ccccc4C5)ccc32)cc1. The Balaban J connectivity index is 1.40. The summed E-state index contributed by atoms with van der Waals surface area (Å²) in [6.07, 6.45) is 1.04. The minimum Gasteiger partial charge on any atom is -0.309 e. The lowest BCUT2D eigenvalue weighted by molar-refractivity contribution is 0.866. The molecule has 0 amide bonds. The summed E-state index contributed by atoms with van der Waals surface area (Å²) in [5.41, 5.74) is 13.2. The Morgan fingerprint density at radius 2 is 1.26 bits per heavy atom. The van der Waals surface area contributed by atoms with E-state index in [0.29, 0.717) is 5.92 Å². The number of nitrogens with zero attached hydrogens (tertiary/aromatic N) is 1. The van der Waals surface area contributed by atoms with E-state index in [-0.39, 0.29) is 0 Å². The lowest BCUT2D eigenvalue weighted by Gasteiger charge is -2.11. The summed E-state index contributed by atoms with van der Waals surface area (Å²) >= 11 is 0. The molecule has 1 heteroatoms. The van der Waals surface area contributed by atoms with E-state index in [1.165, 1.54) is 66.4 Å². The van der Waals surface area contributed by atoms with Crippen LogP contribution in [0, 0.1) is 0 Å². The van der Waals surface area contributed by atoms with Gasteiger partial charge in [0.15, 0.2) is 0 Å². The number of fused-ring (bicyclic) bond motifs is 6. The van der Waals surface area contributed by atoms with E-state index in [1.54, 1.807) is 0 Å². The van der Waals surface area contributed by atoms with Gasteiger partial charge in [-0.2, -0.15) is 0 Å². The molecule has 1 heterocycles. The Labute approximate surface area is 206 Å². The highest BCUT2D eigenvalue weighted by Crippen LogP contribution is 2.40. The van der Waals surface area contributed by atoms with Crippen molar-refractivity contribution in [3.8, 4) is 27.9 Å². The molecule has 0 N–H and O–H groups in total. The Morgan fingerprint density at radius 3 is 2.11 bits per heavy atom. The van der Waals surface area contributed by atoms with E-state index in [9.17, 15) is 0 Å². The van der Waals surface area contributed by atoms with E-state index in [1.807, 2.05) is 0 Å². The molecule has 0 saturated heterocycles. The monoisotopic (exact) mass is 449 g/mol. The lowest BCUT2D eigenvalue weighted by atomic mass is 9.97. The number of hydrogen-bond donors (Lipinski definition) is 0. The Morgan fingerprint density at radius 1 is 0.571 bits per heavy atom. The predicted octanol–water partition coefficient (Wildman–Crippen LogP) is 9.15. The summed E-state index contributed by atoms with van der Waals surface area (Å²) in [5.74, 6) is 0.532. The third kappa shape index (κ3) is 3.15. The number of rotatable bonds is 3. The van der Waals surface area contributed by atoms with Crippen molar-refractivity contribution in [2.75, 3.05) is 0 Å². The molecule has 1 aromatic heterocycles. The van der Waals surface area contributed by atoms with E-state index in [2.05, 4.69) is 128 Å². The summed E-state index contributed by atoms with van der Waals surface area (Å²) < 4.78 is 2.40. The number of aromatic nitrogens is 1. The fourth-order valence-corrected chi connectivity index (χ4v) is 5.74. The minimum absolute atomic E-state index is 0.532. The molecule has 0 fully saturated rings. The maximum Gasteiger partial charge on any atom is 0.0541 e. The van der Waals surface area contributed by atoms with Crippen LogP contribution < -0.4 is 0 Å². The molecule has 0 bridgehead atoms. The van der Waals surface area contributed by atoms with Crippen LogP contribution in [0.1, 0.15) is 36.5 Å². The summed E-state index contributed by atoms with van der Waals surface area (Å²) in [6.45, 7) is 4.49. The molecule has 1 aliphatic carbocycles. The van der Waals surface area contributed by atoms with Crippen LogP contribution >= 0.6 is 0 Å². The summed E-state index contributed by atoms with van der Waals surface area (Å²) in [6, 6.07) is 40.5. The van der Waals surface area contributed by atoms with Crippen molar-refractivity contribution < 1.29 is 0 Å². The van der Waals surface area contributed by atoms with E-state index >= 15 is 0 Å². The average molecular weight is 450 g/mol. The molecule has 6 aromatic rings. The van der Waals surface area contributed by atoms with Gasteiger partial charge in [0.05, 0.1) is 11.0 Å². The first kappa shape index (κ1) is 20.3. The molecule has 0 spiro atoms. The topological polar surface area (TPSA) is 4.93 Å². The van der Waals surface area contributed by atoms with Gasteiger partial charge in [-0.3, -0.25) is 0 Å². The third-order valence-electron chi connectivity index (χ3n) is 7.62. The van der Waals surface area contributed by atoms with Crippen LogP contribution in [0.3, 0.4) is 0 Å². The molecule has 0 aliphatic heterocycles. The quantitative estimate of drug-likeness (QED) is 0.253. The van der Waals surface area contributed by atoms with Gasteiger partial charge < -0.3 is 4.57 Å². The second-order valence-electron chi connectivity index (χ2n) is 10.0. The minimum atomic E-state index is 0.532. The highest BCUT2D eigenvalue weighted by molar-refractivity contribution is 6.10. The van der Waals surface area contributed by atoms with E-state index in [4.69, 9.17) is 0 Å². The van der Waals surface area contributed by atoms with Gasteiger partial charge in [-0.05, 0) is 87.7 Å². The maximum atomic E-state index is 2.40. The van der Waals surface area contributed by atoms with Crippen molar-refractivity contribution in [3.05, 3.63) is 126 Å². The van der Waals surface area contributed by atoms with Crippen LogP contribution in [-0.2, 0) is 6.42 Å². The Kier molecular flexibility index (Phi) is 4.47. The number of hydrogen-bond acceptors (Lipinski definition) is 0. The van der Waals surface area contributed by atoms with Gasteiger partial charge in [-0.25, -0.2) is 0 Å². The number of para-hydroxylation sites is 1. The van der Waals surface area contributed by atoms with Crippen LogP contribution in [0.25, 0.3) is 49.7 Å². The first-order chi connectivity index (χ1) is 17.2. The molecule has 0 radical (unpaired) electrons. The van der Waals surface area contributed by atoms with Gasteiger partial charge in [0, 0.05) is 16.5 Å². The first-order valence-corrected chi connectivity index (χ1v) is 12.5. The maximum absolute atomic E-state index is 2.40. The van der Waals surface area contributed by atoms with Crippen LogP contribution in [0.5, 0.6) is 0 Å². The summed E-state index contributed by atoms with van der Waals surface area (Å²) in [7, 11) is 0. The summed E-state index contributed by atoms with van der Waals surface area (Å²) in [5, 5.41) is 2.59. The van der Waals surface area contributed by atoms with Crippen molar-refractivity contribution >= 4 is 21.8 Å².